The molecule has 1 unspecified atom stereocenters. The Hall–Kier alpha value is -1.66. The molecule has 0 aromatic carbocycles. The molecule has 110 valence electrons. The molecule has 6 nitrogen and oxygen atoms in total. The topological polar surface area (TPSA) is 95.0 Å². The first kappa shape index (κ1) is 14.7. The number of hydrogen-bond donors (Lipinski definition) is 3. The molecule has 1 aromatic rings. The zero-order chi connectivity index (χ0) is 14.4. The molecule has 0 aliphatic carbocycles. The zero-order valence-corrected chi connectivity index (χ0v) is 11.6. The number of nitrogens with zero attached hydrogens (tertiary/aromatic N) is 3. The van der Waals surface area contributed by atoms with E-state index in [1.165, 1.54) is 12.8 Å². The molecule has 1 atom stereocenters. The van der Waals surface area contributed by atoms with Crippen molar-refractivity contribution in [1.29, 1.82) is 0 Å². The molecule has 2 rings (SSSR count). The van der Waals surface area contributed by atoms with E-state index in [0.717, 1.165) is 31.6 Å². The van der Waals surface area contributed by atoms with Gasteiger partial charge in [-0.2, -0.15) is 0 Å². The normalized spacial score (nSPS) is 21.1. The van der Waals surface area contributed by atoms with Gasteiger partial charge in [0.05, 0.1) is 0 Å². The highest BCUT2D eigenvalue weighted by Crippen LogP contribution is 2.20. The van der Waals surface area contributed by atoms with E-state index in [9.17, 15) is 0 Å². The van der Waals surface area contributed by atoms with Crippen LogP contribution in [-0.4, -0.2) is 45.7 Å². The van der Waals surface area contributed by atoms with E-state index in [0.29, 0.717) is 11.6 Å². The minimum Gasteiger partial charge on any atom is -0.409 e. The first-order valence-corrected chi connectivity index (χ1v) is 6.99. The smallest absolute Gasteiger partial charge is 0.188 e. The predicted molar refractivity (Wildman–Crippen MR) is 76.5 cm³/mol. The number of piperidine rings is 1. The van der Waals surface area contributed by atoms with Crippen molar-refractivity contribution in [2.24, 2.45) is 16.8 Å². The van der Waals surface area contributed by atoms with Crippen LogP contribution in [0.1, 0.15) is 30.5 Å². The molecular weight excluding hydrogens is 256 g/mol. The lowest BCUT2D eigenvalue weighted by atomic mass is 9.95. The molecule has 1 aliphatic heterocycles. The van der Waals surface area contributed by atoms with Crippen molar-refractivity contribution < 1.29 is 10.3 Å². The second-order valence-corrected chi connectivity index (χ2v) is 5.29. The van der Waals surface area contributed by atoms with Crippen molar-refractivity contribution >= 4 is 5.84 Å². The second-order valence-electron chi connectivity index (χ2n) is 5.29. The van der Waals surface area contributed by atoms with Crippen LogP contribution in [0.3, 0.4) is 0 Å². The number of aliphatic hydroxyl groups excluding tert-OH is 1. The Morgan fingerprint density at radius 1 is 1.55 bits per heavy atom. The molecule has 1 saturated heterocycles. The molecule has 0 saturated carbocycles. The maximum absolute atomic E-state index is 9.04. The van der Waals surface area contributed by atoms with Gasteiger partial charge in [-0.15, -0.1) is 0 Å². The molecular formula is C14H22N4O2. The number of likely N-dealkylation sites (tertiary alicyclic amines) is 1. The molecule has 0 amide bonds. The van der Waals surface area contributed by atoms with E-state index in [4.69, 9.17) is 16.0 Å². The van der Waals surface area contributed by atoms with E-state index in [1.54, 1.807) is 6.20 Å². The molecule has 1 fully saturated rings. The van der Waals surface area contributed by atoms with Crippen LogP contribution >= 0.6 is 0 Å². The van der Waals surface area contributed by atoms with Gasteiger partial charge >= 0.3 is 0 Å². The second kappa shape index (κ2) is 7.21. The molecule has 0 radical (unpaired) electrons. The van der Waals surface area contributed by atoms with Gasteiger partial charge in [0.2, 0.25) is 0 Å². The molecule has 20 heavy (non-hydrogen) atoms. The number of aromatic nitrogens is 1. The lowest BCUT2D eigenvalue weighted by Gasteiger charge is -2.32. The van der Waals surface area contributed by atoms with E-state index >= 15 is 0 Å². The fraction of sp³-hybridized carbons (Fsp3) is 0.571. The van der Waals surface area contributed by atoms with Gasteiger partial charge in [0, 0.05) is 25.9 Å². The lowest BCUT2D eigenvalue weighted by Crippen LogP contribution is -2.35. The summed E-state index contributed by atoms with van der Waals surface area (Å²) < 4.78 is 0. The molecule has 2 heterocycles. The van der Waals surface area contributed by atoms with Crippen LogP contribution in [0.5, 0.6) is 0 Å². The van der Waals surface area contributed by atoms with Gasteiger partial charge in [0.1, 0.15) is 5.69 Å². The van der Waals surface area contributed by atoms with E-state index in [-0.39, 0.29) is 12.4 Å². The summed E-state index contributed by atoms with van der Waals surface area (Å²) in [5.74, 6) is 0.614. The van der Waals surface area contributed by atoms with Gasteiger partial charge in [-0.05, 0) is 49.4 Å². The highest BCUT2D eigenvalue weighted by Gasteiger charge is 2.19. The lowest BCUT2D eigenvalue weighted by molar-refractivity contribution is 0.142. The number of pyridine rings is 1. The monoisotopic (exact) mass is 278 g/mol. The van der Waals surface area contributed by atoms with Crippen molar-refractivity contribution in [3.05, 3.63) is 29.6 Å². The Labute approximate surface area is 118 Å². The van der Waals surface area contributed by atoms with Gasteiger partial charge in [0.15, 0.2) is 5.84 Å². The zero-order valence-electron chi connectivity index (χ0n) is 11.6. The largest absolute Gasteiger partial charge is 0.409 e. The van der Waals surface area contributed by atoms with Crippen molar-refractivity contribution in [1.82, 2.24) is 9.88 Å². The molecule has 1 aliphatic rings. The molecule has 4 N–H and O–H groups in total. The van der Waals surface area contributed by atoms with Gasteiger partial charge in [-0.1, -0.05) is 5.16 Å². The summed E-state index contributed by atoms with van der Waals surface area (Å²) in [6.45, 7) is 3.18. The highest BCUT2D eigenvalue weighted by atomic mass is 16.4. The quantitative estimate of drug-likeness (QED) is 0.320. The summed E-state index contributed by atoms with van der Waals surface area (Å²) >= 11 is 0. The molecule has 0 bridgehead atoms. The van der Waals surface area contributed by atoms with Crippen molar-refractivity contribution in [2.45, 2.75) is 25.8 Å². The van der Waals surface area contributed by atoms with Crippen molar-refractivity contribution in [3.63, 3.8) is 0 Å². The highest BCUT2D eigenvalue weighted by molar-refractivity contribution is 5.95. The van der Waals surface area contributed by atoms with Gasteiger partial charge < -0.3 is 16.0 Å². The average molecular weight is 278 g/mol. The molecule has 1 aromatic heterocycles. The van der Waals surface area contributed by atoms with Crippen LogP contribution in [0.15, 0.2) is 23.5 Å². The number of oxime groups is 1. The third-order valence-electron chi connectivity index (χ3n) is 3.74. The Balaban J connectivity index is 1.99. The van der Waals surface area contributed by atoms with E-state index in [1.807, 2.05) is 12.1 Å². The number of amidine groups is 1. The minimum atomic E-state index is 0.0312. The SMILES string of the molecule is N/C(=N/O)c1cc(CN2CCCC(CCO)C2)ccn1. The van der Waals surface area contributed by atoms with Crippen LogP contribution in [0.25, 0.3) is 0 Å². The summed E-state index contributed by atoms with van der Waals surface area (Å²) in [5, 5.41) is 20.7. The Kier molecular flexibility index (Phi) is 5.31. The van der Waals surface area contributed by atoms with Crippen LogP contribution in [-0.2, 0) is 6.54 Å². The van der Waals surface area contributed by atoms with Gasteiger partial charge in [0.25, 0.3) is 0 Å². The van der Waals surface area contributed by atoms with E-state index < -0.39 is 0 Å². The minimum absolute atomic E-state index is 0.0312. The van der Waals surface area contributed by atoms with E-state index in [2.05, 4.69) is 15.0 Å². The standard InChI is InChI=1S/C14H22N4O2/c15-14(17-20)13-8-12(3-5-16-13)10-18-6-1-2-11(9-18)4-7-19/h3,5,8,11,19-20H,1-2,4,6-7,9-10H2,(H2,15,17). The fourth-order valence-electron chi connectivity index (χ4n) is 2.74. The average Bonchev–Trinajstić information content (AvgIpc) is 2.47. The Morgan fingerprint density at radius 3 is 3.15 bits per heavy atom. The Bertz CT molecular complexity index is 462. The van der Waals surface area contributed by atoms with Crippen molar-refractivity contribution in [3.8, 4) is 0 Å². The number of nitrogens with two attached hydrogens (primary N) is 1. The molecule has 0 spiro atoms. The third-order valence-corrected chi connectivity index (χ3v) is 3.74. The first-order valence-electron chi connectivity index (χ1n) is 6.99. The predicted octanol–water partition coefficient (Wildman–Crippen LogP) is 0.770. The van der Waals surface area contributed by atoms with Crippen LogP contribution < -0.4 is 5.73 Å². The number of rotatable bonds is 5. The Morgan fingerprint density at radius 2 is 2.40 bits per heavy atom. The summed E-state index contributed by atoms with van der Waals surface area (Å²) in [6.07, 6.45) is 4.92. The van der Waals surface area contributed by atoms with Crippen molar-refractivity contribution in [2.75, 3.05) is 19.7 Å². The maximum atomic E-state index is 9.04. The van der Waals surface area contributed by atoms with Gasteiger partial charge in [-0.25, -0.2) is 0 Å². The first-order chi connectivity index (χ1) is 9.72. The van der Waals surface area contributed by atoms with Crippen LogP contribution in [0, 0.1) is 5.92 Å². The van der Waals surface area contributed by atoms with Crippen LogP contribution in [0.4, 0.5) is 0 Å². The maximum Gasteiger partial charge on any atom is 0.188 e. The fourth-order valence-corrected chi connectivity index (χ4v) is 2.74. The number of hydrogen-bond acceptors (Lipinski definition) is 5. The van der Waals surface area contributed by atoms with Gasteiger partial charge in [-0.3, -0.25) is 9.88 Å². The third kappa shape index (κ3) is 3.91. The van der Waals surface area contributed by atoms with Crippen LogP contribution in [0.2, 0.25) is 0 Å². The summed E-state index contributed by atoms with van der Waals surface area (Å²) in [4.78, 5) is 6.46. The molecule has 6 heteroatoms. The summed E-state index contributed by atoms with van der Waals surface area (Å²) in [5.41, 5.74) is 7.15. The number of aliphatic hydroxyl groups is 1. The summed E-state index contributed by atoms with van der Waals surface area (Å²) in [7, 11) is 0. The summed E-state index contributed by atoms with van der Waals surface area (Å²) in [6, 6.07) is 3.80.